The first-order chi connectivity index (χ1) is 9.91. The summed E-state index contributed by atoms with van der Waals surface area (Å²) < 4.78 is 22.9. The Morgan fingerprint density at radius 1 is 1.48 bits per heavy atom. The molecule has 0 saturated carbocycles. The van der Waals surface area contributed by atoms with E-state index in [9.17, 15) is 18.5 Å². The van der Waals surface area contributed by atoms with Crippen LogP contribution in [0.3, 0.4) is 0 Å². The third-order valence-electron chi connectivity index (χ3n) is 3.41. The van der Waals surface area contributed by atoms with Gasteiger partial charge in [0.2, 0.25) is 0 Å². The summed E-state index contributed by atoms with van der Waals surface area (Å²) in [5, 5.41) is 15.3. The number of hydrogen-bond donors (Lipinski definition) is 1. The molecule has 0 saturated heterocycles. The molecule has 1 aromatic carbocycles. The van der Waals surface area contributed by atoms with Crippen LogP contribution in [0.2, 0.25) is 0 Å². The number of nitro benzene ring substituents is 1. The second kappa shape index (κ2) is 6.36. The molecule has 2 atom stereocenters. The zero-order valence-corrected chi connectivity index (χ0v) is 12.5. The summed E-state index contributed by atoms with van der Waals surface area (Å²) in [4.78, 5) is 10.4. The second-order valence-corrected chi connectivity index (χ2v) is 7.06. The van der Waals surface area contributed by atoms with Gasteiger partial charge in [0.15, 0.2) is 9.84 Å². The fourth-order valence-corrected chi connectivity index (χ4v) is 3.68. The minimum Gasteiger partial charge on any atom is -0.303 e. The zero-order valence-electron chi connectivity index (χ0n) is 11.7. The molecule has 1 aliphatic rings. The van der Waals surface area contributed by atoms with Gasteiger partial charge in [0.1, 0.15) is 0 Å². The molecule has 0 aromatic heterocycles. The van der Waals surface area contributed by atoms with E-state index in [-0.39, 0.29) is 23.5 Å². The maximum absolute atomic E-state index is 11.4. The van der Waals surface area contributed by atoms with Crippen LogP contribution in [0.1, 0.15) is 31.4 Å². The first-order valence-corrected chi connectivity index (χ1v) is 8.54. The number of nitrogens with one attached hydrogen (secondary N) is 1. The monoisotopic (exact) mass is 310 g/mol. The maximum Gasteiger partial charge on any atom is 0.269 e. The molecule has 114 valence electrons. The van der Waals surface area contributed by atoms with Crippen LogP contribution in [0.25, 0.3) is 0 Å². The zero-order chi connectivity index (χ0) is 15.5. The lowest BCUT2D eigenvalue weighted by atomic mass is 10.0. The highest BCUT2D eigenvalue weighted by atomic mass is 32.2. The van der Waals surface area contributed by atoms with E-state index in [1.165, 1.54) is 11.5 Å². The molecular formula is C14H18N2O4S. The Morgan fingerprint density at radius 2 is 2.24 bits per heavy atom. The number of nitrogens with zero attached hydrogens (tertiary/aromatic N) is 1. The number of hydrogen-bond acceptors (Lipinski definition) is 5. The average molecular weight is 310 g/mol. The minimum atomic E-state index is -3.11. The summed E-state index contributed by atoms with van der Waals surface area (Å²) in [7, 11) is -3.11. The molecule has 0 radical (unpaired) electrons. The molecule has 0 bridgehead atoms. The van der Waals surface area contributed by atoms with Crippen molar-refractivity contribution in [2.75, 3.05) is 5.75 Å². The van der Waals surface area contributed by atoms with Crippen molar-refractivity contribution in [1.82, 2.24) is 5.32 Å². The highest BCUT2D eigenvalue weighted by molar-refractivity contribution is 7.94. The van der Waals surface area contributed by atoms with E-state index in [0.29, 0.717) is 0 Å². The Morgan fingerprint density at radius 3 is 2.81 bits per heavy atom. The highest BCUT2D eigenvalue weighted by Gasteiger charge is 2.24. The van der Waals surface area contributed by atoms with Crippen LogP contribution in [0.5, 0.6) is 0 Å². The molecule has 1 heterocycles. The lowest BCUT2D eigenvalue weighted by Gasteiger charge is -2.21. The Kier molecular flexibility index (Phi) is 4.74. The molecule has 0 fully saturated rings. The molecule has 2 rings (SSSR count). The first kappa shape index (κ1) is 15.7. The second-order valence-electron chi connectivity index (χ2n) is 5.12. The third kappa shape index (κ3) is 4.12. The average Bonchev–Trinajstić information content (AvgIpc) is 2.77. The molecule has 6 nitrogen and oxygen atoms in total. The van der Waals surface area contributed by atoms with Gasteiger partial charge in [0.05, 0.1) is 10.7 Å². The normalized spacial score (nSPS) is 21.3. The van der Waals surface area contributed by atoms with Crippen molar-refractivity contribution >= 4 is 15.5 Å². The fraction of sp³-hybridized carbons (Fsp3) is 0.429. The van der Waals surface area contributed by atoms with Gasteiger partial charge in [-0.05, 0) is 12.0 Å². The van der Waals surface area contributed by atoms with Crippen LogP contribution in [-0.4, -0.2) is 25.1 Å². The maximum atomic E-state index is 11.4. The standard InChI is InChI=1S/C14H18N2O4S/c1-2-4-14(15-12-7-8-21(19,20)10-12)11-5-3-6-13(9-11)16(17)18/h3,5-9,12,14-15H,2,4,10H2,1H3. The summed E-state index contributed by atoms with van der Waals surface area (Å²) in [6.07, 6.45) is 3.31. The van der Waals surface area contributed by atoms with Crippen LogP contribution in [0, 0.1) is 10.1 Å². The van der Waals surface area contributed by atoms with E-state index in [1.54, 1.807) is 18.2 Å². The van der Waals surface area contributed by atoms with Crippen LogP contribution in [0.4, 0.5) is 5.69 Å². The van der Waals surface area contributed by atoms with E-state index in [1.807, 2.05) is 13.0 Å². The summed E-state index contributed by atoms with van der Waals surface area (Å²) >= 11 is 0. The molecule has 1 aliphatic heterocycles. The fourth-order valence-electron chi connectivity index (χ4n) is 2.43. The smallest absolute Gasteiger partial charge is 0.269 e. The van der Waals surface area contributed by atoms with Gasteiger partial charge in [-0.3, -0.25) is 10.1 Å². The van der Waals surface area contributed by atoms with Crippen molar-refractivity contribution in [3.8, 4) is 0 Å². The SMILES string of the molecule is CCCC(NC1C=CS(=O)(=O)C1)c1cccc([N+](=O)[O-])c1. The molecule has 2 unspecified atom stereocenters. The van der Waals surface area contributed by atoms with Gasteiger partial charge in [-0.15, -0.1) is 0 Å². The first-order valence-electron chi connectivity index (χ1n) is 6.82. The van der Waals surface area contributed by atoms with Crippen molar-refractivity contribution < 1.29 is 13.3 Å². The molecule has 7 heteroatoms. The van der Waals surface area contributed by atoms with Gasteiger partial charge in [-0.2, -0.15) is 0 Å². The Balaban J connectivity index is 2.17. The van der Waals surface area contributed by atoms with Crippen molar-refractivity contribution in [2.45, 2.75) is 31.8 Å². The van der Waals surface area contributed by atoms with Crippen molar-refractivity contribution in [1.29, 1.82) is 0 Å². The molecule has 0 spiro atoms. The van der Waals surface area contributed by atoms with Crippen molar-refractivity contribution in [2.24, 2.45) is 0 Å². The Bertz CT molecular complexity index is 655. The molecule has 0 amide bonds. The quantitative estimate of drug-likeness (QED) is 0.643. The predicted octanol–water partition coefficient (Wildman–Crippen LogP) is 2.34. The van der Waals surface area contributed by atoms with Gasteiger partial charge in [0.25, 0.3) is 5.69 Å². The van der Waals surface area contributed by atoms with Crippen LogP contribution < -0.4 is 5.32 Å². The van der Waals surface area contributed by atoms with E-state index in [0.717, 1.165) is 18.4 Å². The van der Waals surface area contributed by atoms with Crippen molar-refractivity contribution in [3.05, 3.63) is 51.4 Å². The highest BCUT2D eigenvalue weighted by Crippen LogP contribution is 2.24. The lowest BCUT2D eigenvalue weighted by molar-refractivity contribution is -0.384. The Labute approximate surface area is 123 Å². The minimum absolute atomic E-state index is 0.0438. The van der Waals surface area contributed by atoms with Crippen LogP contribution >= 0.6 is 0 Å². The van der Waals surface area contributed by atoms with Gasteiger partial charge < -0.3 is 5.32 Å². The van der Waals surface area contributed by atoms with Gasteiger partial charge in [-0.1, -0.05) is 31.6 Å². The summed E-state index contributed by atoms with van der Waals surface area (Å²) in [6, 6.07) is 6.13. The van der Waals surface area contributed by atoms with Gasteiger partial charge in [-0.25, -0.2) is 8.42 Å². The topological polar surface area (TPSA) is 89.3 Å². The Hall–Kier alpha value is -1.73. The van der Waals surface area contributed by atoms with Crippen LogP contribution in [-0.2, 0) is 9.84 Å². The van der Waals surface area contributed by atoms with E-state index < -0.39 is 14.8 Å². The molecule has 1 N–H and O–H groups in total. The summed E-state index contributed by atoms with van der Waals surface area (Å²) in [5.74, 6) is 0.0438. The van der Waals surface area contributed by atoms with Crippen molar-refractivity contribution in [3.63, 3.8) is 0 Å². The summed E-state index contributed by atoms with van der Waals surface area (Å²) in [6.45, 7) is 2.02. The lowest BCUT2D eigenvalue weighted by Crippen LogP contribution is -2.33. The number of sulfone groups is 1. The molecule has 0 aliphatic carbocycles. The van der Waals surface area contributed by atoms with E-state index in [4.69, 9.17) is 0 Å². The molecule has 1 aromatic rings. The van der Waals surface area contributed by atoms with E-state index >= 15 is 0 Å². The number of non-ortho nitro benzene ring substituents is 1. The van der Waals surface area contributed by atoms with E-state index in [2.05, 4.69) is 5.32 Å². The molecule has 21 heavy (non-hydrogen) atoms. The van der Waals surface area contributed by atoms with Gasteiger partial charge in [0, 0.05) is 29.6 Å². The number of benzene rings is 1. The van der Waals surface area contributed by atoms with Crippen LogP contribution in [0.15, 0.2) is 35.7 Å². The molecular weight excluding hydrogens is 292 g/mol. The number of nitro groups is 1. The largest absolute Gasteiger partial charge is 0.303 e. The predicted molar refractivity (Wildman–Crippen MR) is 80.6 cm³/mol. The van der Waals surface area contributed by atoms with Gasteiger partial charge >= 0.3 is 0 Å². The number of rotatable bonds is 6. The summed E-state index contributed by atoms with van der Waals surface area (Å²) in [5.41, 5.74) is 0.855. The third-order valence-corrected chi connectivity index (χ3v) is 4.80.